The summed E-state index contributed by atoms with van der Waals surface area (Å²) in [6.07, 6.45) is 0. The molecule has 21 heavy (non-hydrogen) atoms. The standard InChI is InChI=1S/C15H19N3O3/c1-4-20-13-8-6-5-7-12(13)16-11(3)15(19)17-14-9-10(2)21-18-14/h5-9,11,16H,4H2,1-3H3,(H,17,18,19)/t11-/m1/s1. The van der Waals surface area contributed by atoms with Crippen LogP contribution in [0, 0.1) is 6.92 Å². The van der Waals surface area contributed by atoms with Crippen LogP contribution in [0.1, 0.15) is 19.6 Å². The van der Waals surface area contributed by atoms with Gasteiger partial charge in [-0.05, 0) is 32.9 Å². The lowest BCUT2D eigenvalue weighted by Gasteiger charge is -2.17. The van der Waals surface area contributed by atoms with E-state index in [0.717, 1.165) is 11.4 Å². The summed E-state index contributed by atoms with van der Waals surface area (Å²) in [5.74, 6) is 1.57. The summed E-state index contributed by atoms with van der Waals surface area (Å²) in [7, 11) is 0. The van der Waals surface area contributed by atoms with Crippen molar-refractivity contribution in [2.24, 2.45) is 0 Å². The van der Waals surface area contributed by atoms with E-state index in [2.05, 4.69) is 15.8 Å². The molecule has 0 aliphatic heterocycles. The van der Waals surface area contributed by atoms with Gasteiger partial charge < -0.3 is 19.9 Å². The Balaban J connectivity index is 2.00. The third kappa shape index (κ3) is 3.98. The molecule has 0 saturated heterocycles. The number of anilines is 2. The number of aromatic nitrogens is 1. The molecule has 2 aromatic rings. The minimum absolute atomic E-state index is 0.199. The lowest BCUT2D eigenvalue weighted by Crippen LogP contribution is -2.32. The van der Waals surface area contributed by atoms with Crippen LogP contribution in [0.2, 0.25) is 0 Å². The van der Waals surface area contributed by atoms with Crippen LogP contribution >= 0.6 is 0 Å². The monoisotopic (exact) mass is 289 g/mol. The summed E-state index contributed by atoms with van der Waals surface area (Å²) in [6, 6.07) is 8.73. The third-order valence-corrected chi connectivity index (χ3v) is 2.83. The maximum Gasteiger partial charge on any atom is 0.247 e. The predicted octanol–water partition coefficient (Wildman–Crippen LogP) is 2.82. The zero-order valence-corrected chi connectivity index (χ0v) is 12.3. The van der Waals surface area contributed by atoms with Gasteiger partial charge in [0.05, 0.1) is 12.3 Å². The van der Waals surface area contributed by atoms with Gasteiger partial charge in [-0.3, -0.25) is 4.79 Å². The van der Waals surface area contributed by atoms with Crippen LogP contribution in [0.3, 0.4) is 0 Å². The molecular weight excluding hydrogens is 270 g/mol. The van der Waals surface area contributed by atoms with Crippen molar-refractivity contribution in [3.05, 3.63) is 36.1 Å². The molecule has 1 aromatic carbocycles. The first-order chi connectivity index (χ1) is 10.1. The van der Waals surface area contributed by atoms with Gasteiger partial charge in [0, 0.05) is 6.07 Å². The van der Waals surface area contributed by atoms with Crippen LogP contribution in [0.25, 0.3) is 0 Å². The minimum Gasteiger partial charge on any atom is -0.492 e. The van der Waals surface area contributed by atoms with Gasteiger partial charge in [-0.1, -0.05) is 17.3 Å². The number of hydrogen-bond acceptors (Lipinski definition) is 5. The zero-order valence-electron chi connectivity index (χ0n) is 12.3. The normalized spacial score (nSPS) is 11.8. The number of ether oxygens (including phenoxy) is 1. The first-order valence-corrected chi connectivity index (χ1v) is 6.82. The fraction of sp³-hybridized carbons (Fsp3) is 0.333. The summed E-state index contributed by atoms with van der Waals surface area (Å²) in [4.78, 5) is 12.1. The molecular formula is C15H19N3O3. The SMILES string of the molecule is CCOc1ccccc1N[C@H](C)C(=O)Nc1cc(C)on1. The second kappa shape index (κ2) is 6.78. The largest absolute Gasteiger partial charge is 0.492 e. The molecule has 0 fully saturated rings. The zero-order chi connectivity index (χ0) is 15.2. The Kier molecular flexibility index (Phi) is 4.81. The molecule has 0 aliphatic rings. The number of hydrogen-bond donors (Lipinski definition) is 2. The van der Waals surface area contributed by atoms with Crippen molar-refractivity contribution in [1.29, 1.82) is 0 Å². The molecule has 0 spiro atoms. The second-order valence-corrected chi connectivity index (χ2v) is 4.61. The van der Waals surface area contributed by atoms with Gasteiger partial charge in [-0.2, -0.15) is 0 Å². The van der Waals surface area contributed by atoms with Crippen molar-refractivity contribution < 1.29 is 14.1 Å². The maximum atomic E-state index is 12.1. The molecule has 0 saturated carbocycles. The number of aryl methyl sites for hydroxylation is 1. The van der Waals surface area contributed by atoms with E-state index in [1.54, 1.807) is 19.9 Å². The maximum absolute atomic E-state index is 12.1. The van der Waals surface area contributed by atoms with Crippen molar-refractivity contribution in [3.63, 3.8) is 0 Å². The van der Waals surface area contributed by atoms with E-state index in [-0.39, 0.29) is 5.91 Å². The molecule has 0 aliphatic carbocycles. The molecule has 112 valence electrons. The van der Waals surface area contributed by atoms with Gasteiger partial charge in [0.15, 0.2) is 5.82 Å². The molecule has 2 rings (SSSR count). The molecule has 2 N–H and O–H groups in total. The highest BCUT2D eigenvalue weighted by molar-refractivity contribution is 5.95. The third-order valence-electron chi connectivity index (χ3n) is 2.83. The van der Waals surface area contributed by atoms with Crippen LogP contribution in [-0.4, -0.2) is 23.7 Å². The highest BCUT2D eigenvalue weighted by Crippen LogP contribution is 2.24. The van der Waals surface area contributed by atoms with Crippen LogP contribution in [0.5, 0.6) is 5.75 Å². The van der Waals surface area contributed by atoms with Gasteiger partial charge in [0.1, 0.15) is 17.6 Å². The van der Waals surface area contributed by atoms with Crippen LogP contribution in [0.15, 0.2) is 34.9 Å². The fourth-order valence-corrected chi connectivity index (χ4v) is 1.83. The van der Waals surface area contributed by atoms with Gasteiger partial charge in [-0.15, -0.1) is 0 Å². The first kappa shape index (κ1) is 14.9. The van der Waals surface area contributed by atoms with Crippen molar-refractivity contribution >= 4 is 17.4 Å². The van der Waals surface area contributed by atoms with Crippen molar-refractivity contribution in [3.8, 4) is 5.75 Å². The van der Waals surface area contributed by atoms with Gasteiger partial charge >= 0.3 is 0 Å². The smallest absolute Gasteiger partial charge is 0.247 e. The molecule has 0 unspecified atom stereocenters. The predicted molar refractivity (Wildman–Crippen MR) is 80.6 cm³/mol. The average Bonchev–Trinajstić information content (AvgIpc) is 2.86. The summed E-state index contributed by atoms with van der Waals surface area (Å²) in [5, 5.41) is 9.55. The molecule has 0 radical (unpaired) electrons. The molecule has 1 aromatic heterocycles. The number of amides is 1. The Bertz CT molecular complexity index is 610. The minimum atomic E-state index is -0.441. The molecule has 6 heteroatoms. The lowest BCUT2D eigenvalue weighted by atomic mass is 10.2. The highest BCUT2D eigenvalue weighted by atomic mass is 16.5. The summed E-state index contributed by atoms with van der Waals surface area (Å²) in [5.41, 5.74) is 0.776. The average molecular weight is 289 g/mol. The molecule has 1 amide bonds. The molecule has 0 bridgehead atoms. The number of carbonyl (C=O) groups is 1. The summed E-state index contributed by atoms with van der Waals surface area (Å²) >= 11 is 0. The van der Waals surface area contributed by atoms with Crippen LogP contribution in [-0.2, 0) is 4.79 Å². The quantitative estimate of drug-likeness (QED) is 0.855. The Labute approximate surface area is 123 Å². The molecule has 6 nitrogen and oxygen atoms in total. The number of carbonyl (C=O) groups excluding carboxylic acids is 1. The van der Waals surface area contributed by atoms with Gasteiger partial charge in [-0.25, -0.2) is 0 Å². The molecule has 1 heterocycles. The number of rotatable bonds is 6. The van der Waals surface area contributed by atoms with Gasteiger partial charge in [0.25, 0.3) is 0 Å². The Morgan fingerprint density at radius 3 is 2.86 bits per heavy atom. The van der Waals surface area contributed by atoms with Crippen molar-refractivity contribution in [2.45, 2.75) is 26.8 Å². The first-order valence-electron chi connectivity index (χ1n) is 6.82. The van der Waals surface area contributed by atoms with E-state index in [0.29, 0.717) is 18.2 Å². The number of benzene rings is 1. The van der Waals surface area contributed by atoms with Crippen molar-refractivity contribution in [2.75, 3.05) is 17.2 Å². The van der Waals surface area contributed by atoms with Gasteiger partial charge in [0.2, 0.25) is 5.91 Å². The van der Waals surface area contributed by atoms with E-state index >= 15 is 0 Å². The van der Waals surface area contributed by atoms with E-state index in [1.165, 1.54) is 0 Å². The van der Waals surface area contributed by atoms with E-state index in [9.17, 15) is 4.79 Å². The number of nitrogens with one attached hydrogen (secondary N) is 2. The Morgan fingerprint density at radius 1 is 1.43 bits per heavy atom. The van der Waals surface area contributed by atoms with E-state index in [1.807, 2.05) is 31.2 Å². The number of nitrogens with zero attached hydrogens (tertiary/aromatic N) is 1. The van der Waals surface area contributed by atoms with E-state index in [4.69, 9.17) is 9.26 Å². The summed E-state index contributed by atoms with van der Waals surface area (Å²) in [6.45, 7) is 6.02. The van der Waals surface area contributed by atoms with Crippen LogP contribution < -0.4 is 15.4 Å². The highest BCUT2D eigenvalue weighted by Gasteiger charge is 2.16. The van der Waals surface area contributed by atoms with Crippen molar-refractivity contribution in [1.82, 2.24) is 5.16 Å². The second-order valence-electron chi connectivity index (χ2n) is 4.61. The fourth-order valence-electron chi connectivity index (χ4n) is 1.83. The molecule has 1 atom stereocenters. The lowest BCUT2D eigenvalue weighted by molar-refractivity contribution is -0.116. The Morgan fingerprint density at radius 2 is 2.19 bits per heavy atom. The van der Waals surface area contributed by atoms with Crippen LogP contribution in [0.4, 0.5) is 11.5 Å². The van der Waals surface area contributed by atoms with E-state index < -0.39 is 6.04 Å². The Hall–Kier alpha value is -2.50. The summed E-state index contributed by atoms with van der Waals surface area (Å²) < 4.78 is 10.4. The topological polar surface area (TPSA) is 76.4 Å². The number of para-hydroxylation sites is 2.